The summed E-state index contributed by atoms with van der Waals surface area (Å²) in [5.41, 5.74) is 2.64. The Bertz CT molecular complexity index is 694. The van der Waals surface area contributed by atoms with Crippen molar-refractivity contribution in [3.8, 4) is 11.5 Å². The van der Waals surface area contributed by atoms with Crippen molar-refractivity contribution in [1.29, 1.82) is 0 Å². The highest BCUT2D eigenvalue weighted by atomic mass is 16.5. The van der Waals surface area contributed by atoms with E-state index in [0.717, 1.165) is 71.9 Å². The third kappa shape index (κ3) is 9.89. The van der Waals surface area contributed by atoms with Crippen molar-refractivity contribution >= 4 is 0 Å². The number of nitrogens with zero attached hydrogens (tertiary/aromatic N) is 2. The van der Waals surface area contributed by atoms with Crippen LogP contribution >= 0.6 is 0 Å². The molecule has 0 aliphatic heterocycles. The van der Waals surface area contributed by atoms with Gasteiger partial charge in [0, 0.05) is 0 Å². The standard InChI is InChI=1S/C32H62N2O2/c1-10-18-28(9)20-21-30-27-31(35-24-22-33(12-3,13-4)14-5)29(19-11-2)26-32(30)36-25-23-34(15-6,16-7)17-8/h26-28H,10-25H2,1-9H3/q+2/t28-/m1/s1. The zero-order chi connectivity index (χ0) is 27.0. The fraction of sp³-hybridized carbons (Fsp3) is 0.812. The predicted octanol–water partition coefficient (Wildman–Crippen LogP) is 7.52. The molecular weight excluding hydrogens is 444 g/mol. The van der Waals surface area contributed by atoms with Gasteiger partial charge in [-0.25, -0.2) is 0 Å². The SMILES string of the molecule is CCCc1cc(OCC[N+](CC)(CC)CC)c(CC[C@H](C)CCC)cc1OCC[N+](CC)(CC)CC. The third-order valence-electron chi connectivity index (χ3n) is 9.12. The van der Waals surface area contributed by atoms with Crippen molar-refractivity contribution in [2.45, 2.75) is 101 Å². The van der Waals surface area contributed by atoms with Gasteiger partial charge < -0.3 is 18.4 Å². The van der Waals surface area contributed by atoms with Gasteiger partial charge in [0.2, 0.25) is 0 Å². The van der Waals surface area contributed by atoms with Gasteiger partial charge in [0.1, 0.15) is 37.8 Å². The molecule has 1 aromatic carbocycles. The second kappa shape index (κ2) is 17.3. The molecule has 0 saturated heterocycles. The topological polar surface area (TPSA) is 18.5 Å². The van der Waals surface area contributed by atoms with Gasteiger partial charge in [-0.2, -0.15) is 0 Å². The van der Waals surface area contributed by atoms with E-state index in [9.17, 15) is 0 Å². The molecule has 0 amide bonds. The van der Waals surface area contributed by atoms with E-state index in [0.29, 0.717) is 0 Å². The van der Waals surface area contributed by atoms with E-state index in [1.165, 1.54) is 69.7 Å². The summed E-state index contributed by atoms with van der Waals surface area (Å²) in [5.74, 6) is 2.92. The van der Waals surface area contributed by atoms with Crippen LogP contribution in [0.5, 0.6) is 11.5 Å². The number of hydrogen-bond donors (Lipinski definition) is 0. The van der Waals surface area contributed by atoms with Crippen molar-refractivity contribution in [2.24, 2.45) is 5.92 Å². The highest BCUT2D eigenvalue weighted by Crippen LogP contribution is 2.32. The van der Waals surface area contributed by atoms with Crippen LogP contribution in [-0.4, -0.2) is 74.5 Å². The molecule has 0 radical (unpaired) electrons. The first-order chi connectivity index (χ1) is 17.3. The summed E-state index contributed by atoms with van der Waals surface area (Å²) in [7, 11) is 0. The lowest BCUT2D eigenvalue weighted by Crippen LogP contribution is -2.50. The smallest absolute Gasteiger partial charge is 0.137 e. The van der Waals surface area contributed by atoms with Gasteiger partial charge in [-0.1, -0.05) is 40.0 Å². The van der Waals surface area contributed by atoms with Crippen molar-refractivity contribution in [1.82, 2.24) is 0 Å². The zero-order valence-electron chi connectivity index (χ0n) is 25.8. The molecule has 0 heterocycles. The molecule has 0 bridgehead atoms. The summed E-state index contributed by atoms with van der Waals surface area (Å²) in [5, 5.41) is 0. The van der Waals surface area contributed by atoms with E-state index in [1.807, 2.05) is 0 Å². The molecular formula is C32H62N2O2+2. The maximum atomic E-state index is 6.57. The highest BCUT2D eigenvalue weighted by molar-refractivity contribution is 5.47. The average Bonchev–Trinajstić information content (AvgIpc) is 2.90. The molecule has 1 rings (SSSR count). The van der Waals surface area contributed by atoms with Crippen molar-refractivity contribution < 1.29 is 18.4 Å². The Morgan fingerprint density at radius 2 is 1.00 bits per heavy atom. The second-order valence-corrected chi connectivity index (χ2v) is 11.0. The Hall–Kier alpha value is -1.26. The van der Waals surface area contributed by atoms with Gasteiger partial charge >= 0.3 is 0 Å². The van der Waals surface area contributed by atoms with Crippen LogP contribution in [0.2, 0.25) is 0 Å². The van der Waals surface area contributed by atoms with Crippen LogP contribution in [0.1, 0.15) is 99.1 Å². The largest absolute Gasteiger partial charge is 0.487 e. The first-order valence-electron chi connectivity index (χ1n) is 15.4. The molecule has 0 spiro atoms. The fourth-order valence-electron chi connectivity index (χ4n) is 5.60. The molecule has 1 atom stereocenters. The van der Waals surface area contributed by atoms with E-state index in [2.05, 4.69) is 74.4 Å². The lowest BCUT2D eigenvalue weighted by Gasteiger charge is -2.36. The van der Waals surface area contributed by atoms with E-state index in [1.54, 1.807) is 0 Å². The molecule has 36 heavy (non-hydrogen) atoms. The van der Waals surface area contributed by atoms with Crippen molar-refractivity contribution in [3.05, 3.63) is 23.3 Å². The van der Waals surface area contributed by atoms with Crippen LogP contribution in [0.3, 0.4) is 0 Å². The van der Waals surface area contributed by atoms with Gasteiger partial charge in [0.05, 0.1) is 39.3 Å². The minimum atomic E-state index is 0.740. The minimum Gasteiger partial charge on any atom is -0.487 e. The number of likely N-dealkylation sites (N-methyl/N-ethyl adjacent to an activating group) is 2. The number of aryl methyl sites for hydroxylation is 2. The molecule has 0 unspecified atom stereocenters. The molecule has 0 aliphatic rings. The Labute approximate surface area is 225 Å². The van der Waals surface area contributed by atoms with Crippen LogP contribution in [0.4, 0.5) is 0 Å². The monoisotopic (exact) mass is 506 g/mol. The van der Waals surface area contributed by atoms with Crippen molar-refractivity contribution in [2.75, 3.05) is 65.6 Å². The van der Waals surface area contributed by atoms with Crippen LogP contribution in [0.15, 0.2) is 12.1 Å². The zero-order valence-corrected chi connectivity index (χ0v) is 25.8. The number of ether oxygens (including phenoxy) is 2. The number of quaternary nitrogens is 2. The Kier molecular flexibility index (Phi) is 15.7. The summed E-state index contributed by atoms with van der Waals surface area (Å²) >= 11 is 0. The van der Waals surface area contributed by atoms with Crippen LogP contribution < -0.4 is 9.47 Å². The normalized spacial score (nSPS) is 13.1. The van der Waals surface area contributed by atoms with Gasteiger partial charge in [0.25, 0.3) is 0 Å². The number of rotatable bonds is 21. The van der Waals surface area contributed by atoms with Gasteiger partial charge in [-0.15, -0.1) is 0 Å². The Balaban J connectivity index is 3.16. The van der Waals surface area contributed by atoms with Gasteiger partial charge in [-0.3, -0.25) is 0 Å². The summed E-state index contributed by atoms with van der Waals surface area (Å²) in [6.45, 7) is 31.5. The Morgan fingerprint density at radius 1 is 0.583 bits per heavy atom. The van der Waals surface area contributed by atoms with Crippen LogP contribution in [0, 0.1) is 5.92 Å². The van der Waals surface area contributed by atoms with Crippen molar-refractivity contribution in [3.63, 3.8) is 0 Å². The molecule has 210 valence electrons. The number of benzene rings is 1. The molecule has 0 N–H and O–H groups in total. The fourth-order valence-corrected chi connectivity index (χ4v) is 5.60. The second-order valence-electron chi connectivity index (χ2n) is 11.0. The van der Waals surface area contributed by atoms with Crippen LogP contribution in [0.25, 0.3) is 0 Å². The first kappa shape index (κ1) is 32.8. The van der Waals surface area contributed by atoms with Crippen LogP contribution in [-0.2, 0) is 12.8 Å². The highest BCUT2D eigenvalue weighted by Gasteiger charge is 2.23. The lowest BCUT2D eigenvalue weighted by atomic mass is 9.95. The van der Waals surface area contributed by atoms with E-state index >= 15 is 0 Å². The quantitative estimate of drug-likeness (QED) is 0.161. The molecule has 0 aliphatic carbocycles. The van der Waals surface area contributed by atoms with E-state index < -0.39 is 0 Å². The van der Waals surface area contributed by atoms with Gasteiger partial charge in [0.15, 0.2) is 0 Å². The molecule has 0 saturated carbocycles. The summed E-state index contributed by atoms with van der Waals surface area (Å²) in [6, 6.07) is 4.65. The predicted molar refractivity (Wildman–Crippen MR) is 157 cm³/mol. The molecule has 1 aromatic rings. The lowest BCUT2D eigenvalue weighted by molar-refractivity contribution is -0.923. The third-order valence-corrected chi connectivity index (χ3v) is 9.12. The molecule has 0 fully saturated rings. The summed E-state index contributed by atoms with van der Waals surface area (Å²) in [6.07, 6.45) is 6.97. The maximum Gasteiger partial charge on any atom is 0.137 e. The number of hydrogen-bond acceptors (Lipinski definition) is 2. The van der Waals surface area contributed by atoms with E-state index in [-0.39, 0.29) is 0 Å². The van der Waals surface area contributed by atoms with Gasteiger partial charge in [-0.05, 0) is 90.0 Å². The molecule has 4 heteroatoms. The van der Waals surface area contributed by atoms with E-state index in [4.69, 9.17) is 9.47 Å². The molecule has 4 nitrogen and oxygen atoms in total. The summed E-state index contributed by atoms with van der Waals surface area (Å²) < 4.78 is 15.4. The Morgan fingerprint density at radius 3 is 1.36 bits per heavy atom. The summed E-state index contributed by atoms with van der Waals surface area (Å²) in [4.78, 5) is 0. The maximum absolute atomic E-state index is 6.57. The first-order valence-corrected chi connectivity index (χ1v) is 15.4. The molecule has 0 aromatic heterocycles. The average molecular weight is 507 g/mol. The minimum absolute atomic E-state index is 0.740.